The lowest BCUT2D eigenvalue weighted by Gasteiger charge is -2.24. The van der Waals surface area contributed by atoms with E-state index in [9.17, 15) is 9.59 Å². The predicted molar refractivity (Wildman–Crippen MR) is 87.0 cm³/mol. The van der Waals surface area contributed by atoms with Crippen molar-refractivity contribution in [2.24, 2.45) is 0 Å². The molecule has 0 unspecified atom stereocenters. The Hall–Kier alpha value is -2.34. The number of urea groups is 1. The molecule has 5 nitrogen and oxygen atoms in total. The van der Waals surface area contributed by atoms with Gasteiger partial charge in [0.05, 0.1) is 6.54 Å². The fourth-order valence-electron chi connectivity index (χ4n) is 2.67. The largest absolute Gasteiger partial charge is 0.357 e. The highest BCUT2D eigenvalue weighted by atomic mass is 32.1. The summed E-state index contributed by atoms with van der Waals surface area (Å²) in [6.07, 6.45) is 0.544. The molecule has 1 atom stereocenters. The van der Waals surface area contributed by atoms with E-state index >= 15 is 0 Å². The van der Waals surface area contributed by atoms with Gasteiger partial charge in [0.15, 0.2) is 0 Å². The number of anilines is 1. The first-order valence-electron chi connectivity index (χ1n) is 7.09. The van der Waals surface area contributed by atoms with Gasteiger partial charge in [0.25, 0.3) is 0 Å². The second-order valence-corrected chi connectivity index (χ2v) is 6.10. The van der Waals surface area contributed by atoms with Crippen molar-refractivity contribution < 1.29 is 9.59 Å². The number of nitrogens with one attached hydrogen (secondary N) is 2. The summed E-state index contributed by atoms with van der Waals surface area (Å²) in [5, 5.41) is 7.50. The summed E-state index contributed by atoms with van der Waals surface area (Å²) in [6.45, 7) is 0.468. The van der Waals surface area contributed by atoms with E-state index in [1.807, 2.05) is 41.8 Å². The number of hydrogen-bond acceptors (Lipinski definition) is 3. The van der Waals surface area contributed by atoms with E-state index in [0.717, 1.165) is 16.1 Å². The third-order valence-corrected chi connectivity index (χ3v) is 4.61. The minimum absolute atomic E-state index is 0.150. The van der Waals surface area contributed by atoms with Crippen LogP contribution in [0.2, 0.25) is 0 Å². The first-order chi connectivity index (χ1) is 10.7. The fourth-order valence-corrected chi connectivity index (χ4v) is 3.32. The van der Waals surface area contributed by atoms with Gasteiger partial charge >= 0.3 is 6.03 Å². The maximum absolute atomic E-state index is 12.6. The molecule has 2 aromatic rings. The Labute approximate surface area is 132 Å². The molecule has 3 rings (SSSR count). The molecule has 0 bridgehead atoms. The molecule has 1 aromatic carbocycles. The van der Waals surface area contributed by atoms with Gasteiger partial charge in [-0.1, -0.05) is 24.3 Å². The molecule has 2 N–H and O–H groups in total. The van der Waals surface area contributed by atoms with E-state index in [-0.39, 0.29) is 11.9 Å². The molecular weight excluding hydrogens is 298 g/mol. The molecule has 1 aliphatic heterocycles. The number of thiophene rings is 1. The summed E-state index contributed by atoms with van der Waals surface area (Å²) in [4.78, 5) is 27.3. The number of hydrogen-bond donors (Lipinski definition) is 2. The molecule has 0 spiro atoms. The van der Waals surface area contributed by atoms with Crippen LogP contribution in [0.3, 0.4) is 0 Å². The van der Waals surface area contributed by atoms with E-state index in [1.54, 1.807) is 23.3 Å². The maximum atomic E-state index is 12.6. The molecule has 1 aromatic heterocycles. The Balaban J connectivity index is 1.81. The molecule has 1 aliphatic rings. The molecule has 0 saturated carbocycles. The molecule has 0 radical (unpaired) electrons. The summed E-state index contributed by atoms with van der Waals surface area (Å²) >= 11 is 1.59. The van der Waals surface area contributed by atoms with Gasteiger partial charge in [-0.3, -0.25) is 9.69 Å². The molecule has 0 aliphatic carbocycles. The van der Waals surface area contributed by atoms with Crippen molar-refractivity contribution >= 4 is 29.0 Å². The lowest BCUT2D eigenvalue weighted by atomic mass is 10.1. The van der Waals surface area contributed by atoms with Crippen molar-refractivity contribution in [3.05, 3.63) is 52.2 Å². The highest BCUT2D eigenvalue weighted by molar-refractivity contribution is 7.09. The second-order valence-electron chi connectivity index (χ2n) is 5.07. The van der Waals surface area contributed by atoms with Crippen LogP contribution in [0, 0.1) is 0 Å². The van der Waals surface area contributed by atoms with Crippen LogP contribution in [-0.4, -0.2) is 25.0 Å². The normalized spacial score (nSPS) is 16.2. The predicted octanol–water partition coefficient (Wildman–Crippen LogP) is 2.13. The number of para-hydroxylation sites is 1. The van der Waals surface area contributed by atoms with Crippen molar-refractivity contribution in [3.8, 4) is 0 Å². The number of rotatable bonds is 3. The zero-order valence-electron chi connectivity index (χ0n) is 12.2. The molecule has 2 heterocycles. The van der Waals surface area contributed by atoms with Crippen molar-refractivity contribution in [1.29, 1.82) is 0 Å². The van der Waals surface area contributed by atoms with Crippen LogP contribution in [0.25, 0.3) is 0 Å². The van der Waals surface area contributed by atoms with Crippen LogP contribution in [0.15, 0.2) is 41.8 Å². The van der Waals surface area contributed by atoms with Gasteiger partial charge in [-0.05, 0) is 23.1 Å². The second kappa shape index (κ2) is 6.19. The minimum Gasteiger partial charge on any atom is -0.357 e. The zero-order chi connectivity index (χ0) is 15.5. The van der Waals surface area contributed by atoms with Crippen LogP contribution in [0.4, 0.5) is 10.5 Å². The van der Waals surface area contributed by atoms with E-state index in [1.165, 1.54) is 0 Å². The summed E-state index contributed by atoms with van der Waals surface area (Å²) < 4.78 is 0. The smallest absolute Gasteiger partial charge is 0.322 e. The number of amides is 3. The van der Waals surface area contributed by atoms with Gasteiger partial charge in [0.2, 0.25) is 5.91 Å². The summed E-state index contributed by atoms with van der Waals surface area (Å²) in [5.41, 5.74) is 1.82. The summed E-state index contributed by atoms with van der Waals surface area (Å²) in [6, 6.07) is 10.8. The molecule has 114 valence electrons. The molecule has 0 saturated heterocycles. The number of likely N-dealkylation sites (N-methyl/N-ethyl adjacent to an activating group) is 1. The highest BCUT2D eigenvalue weighted by Gasteiger charge is 2.37. The van der Waals surface area contributed by atoms with Crippen molar-refractivity contribution in [1.82, 2.24) is 10.6 Å². The number of benzene rings is 1. The fraction of sp³-hybridized carbons (Fsp3) is 0.250. The molecular formula is C16H17N3O2S. The van der Waals surface area contributed by atoms with Gasteiger partial charge < -0.3 is 10.6 Å². The van der Waals surface area contributed by atoms with Crippen LogP contribution in [0.1, 0.15) is 10.4 Å². The van der Waals surface area contributed by atoms with E-state index in [0.29, 0.717) is 13.0 Å². The summed E-state index contributed by atoms with van der Waals surface area (Å²) in [5.74, 6) is -0.150. The minimum atomic E-state index is -0.495. The molecule has 22 heavy (non-hydrogen) atoms. The Morgan fingerprint density at radius 1 is 1.27 bits per heavy atom. The Bertz CT molecular complexity index is 684. The standard InChI is InChI=1S/C16H17N3O2S/c1-17-15(20)14-9-11-5-2-3-7-13(11)19(14)16(21)18-10-12-6-4-8-22-12/h2-8,14H,9-10H2,1H3,(H,17,20)(H,18,21)/t14-/m1/s1. The Morgan fingerprint density at radius 2 is 2.09 bits per heavy atom. The van der Waals surface area contributed by atoms with Gasteiger partial charge in [-0.2, -0.15) is 0 Å². The van der Waals surface area contributed by atoms with Crippen LogP contribution in [-0.2, 0) is 17.8 Å². The van der Waals surface area contributed by atoms with Gasteiger partial charge in [-0.15, -0.1) is 11.3 Å². The third-order valence-electron chi connectivity index (χ3n) is 3.74. The van der Waals surface area contributed by atoms with Gasteiger partial charge in [-0.25, -0.2) is 4.79 Å². The number of fused-ring (bicyclic) bond motifs is 1. The van der Waals surface area contributed by atoms with Gasteiger partial charge in [0.1, 0.15) is 6.04 Å². The summed E-state index contributed by atoms with van der Waals surface area (Å²) in [7, 11) is 1.59. The molecule has 3 amide bonds. The van der Waals surface area contributed by atoms with Crippen LogP contribution < -0.4 is 15.5 Å². The van der Waals surface area contributed by atoms with Gasteiger partial charge in [0, 0.05) is 24.0 Å². The number of carbonyl (C=O) groups excluding carboxylic acids is 2. The van der Waals surface area contributed by atoms with Crippen molar-refractivity contribution in [2.75, 3.05) is 11.9 Å². The zero-order valence-corrected chi connectivity index (χ0v) is 13.0. The van der Waals surface area contributed by atoms with Crippen LogP contribution in [0.5, 0.6) is 0 Å². The SMILES string of the molecule is CNC(=O)[C@H]1Cc2ccccc2N1C(=O)NCc1cccs1. The van der Waals surface area contributed by atoms with Crippen molar-refractivity contribution in [3.63, 3.8) is 0 Å². The Kier molecular flexibility index (Phi) is 4.11. The Morgan fingerprint density at radius 3 is 2.82 bits per heavy atom. The quantitative estimate of drug-likeness (QED) is 0.911. The lowest BCUT2D eigenvalue weighted by molar-refractivity contribution is -0.121. The lowest BCUT2D eigenvalue weighted by Crippen LogP contribution is -2.50. The monoisotopic (exact) mass is 315 g/mol. The van der Waals surface area contributed by atoms with Crippen molar-refractivity contribution in [2.45, 2.75) is 19.0 Å². The average Bonchev–Trinajstić information content (AvgIpc) is 3.18. The van der Waals surface area contributed by atoms with Crippen LogP contribution >= 0.6 is 11.3 Å². The van der Waals surface area contributed by atoms with E-state index in [4.69, 9.17) is 0 Å². The first kappa shape index (κ1) is 14.6. The first-order valence-corrected chi connectivity index (χ1v) is 7.97. The third kappa shape index (κ3) is 2.69. The molecule has 0 fully saturated rings. The van der Waals surface area contributed by atoms with E-state index in [2.05, 4.69) is 10.6 Å². The molecule has 6 heteroatoms. The highest BCUT2D eigenvalue weighted by Crippen LogP contribution is 2.32. The number of nitrogens with zero attached hydrogens (tertiary/aromatic N) is 1. The number of carbonyl (C=O) groups is 2. The average molecular weight is 315 g/mol. The maximum Gasteiger partial charge on any atom is 0.322 e. The topological polar surface area (TPSA) is 61.4 Å². The van der Waals surface area contributed by atoms with E-state index < -0.39 is 6.04 Å².